The Morgan fingerprint density at radius 3 is 2.43 bits per heavy atom. The zero-order chi connectivity index (χ0) is 20.8. The van der Waals surface area contributed by atoms with Crippen LogP contribution >= 0.6 is 0 Å². The van der Waals surface area contributed by atoms with Crippen LogP contribution in [0.3, 0.4) is 0 Å². The lowest BCUT2D eigenvalue weighted by Gasteiger charge is -2.23. The summed E-state index contributed by atoms with van der Waals surface area (Å²) in [7, 11) is 0. The molecule has 10 heteroatoms. The van der Waals surface area contributed by atoms with Gasteiger partial charge in [0.1, 0.15) is 30.4 Å². The van der Waals surface area contributed by atoms with Crippen molar-refractivity contribution in [1.29, 1.82) is 0 Å². The maximum Gasteiger partial charge on any atom is 0.331 e. The molecule has 1 unspecified atom stereocenters. The number of hydrogen-bond acceptors (Lipinski definition) is 9. The van der Waals surface area contributed by atoms with E-state index < -0.39 is 61.3 Å². The summed E-state index contributed by atoms with van der Waals surface area (Å²) in [6.07, 6.45) is -6.64. The third-order valence-corrected chi connectivity index (χ3v) is 4.44. The number of ether oxygens (including phenoxy) is 2. The van der Waals surface area contributed by atoms with E-state index in [0.29, 0.717) is 0 Å². The normalized spacial score (nSPS) is 27.6. The third kappa shape index (κ3) is 5.47. The van der Waals surface area contributed by atoms with Gasteiger partial charge in [-0.1, -0.05) is 30.3 Å². The number of hydrogen-bond donors (Lipinski definition) is 6. The second kappa shape index (κ2) is 9.92. The average molecular weight is 398 g/mol. The van der Waals surface area contributed by atoms with Gasteiger partial charge in [0.15, 0.2) is 0 Å². The number of nitrogens with one attached hydrogen (secondary N) is 1. The van der Waals surface area contributed by atoms with E-state index in [0.717, 1.165) is 5.56 Å². The molecule has 0 bridgehead atoms. The minimum atomic E-state index is -1.55. The monoisotopic (exact) mass is 398 g/mol. The molecular weight excluding hydrogens is 372 g/mol. The van der Waals surface area contributed by atoms with Gasteiger partial charge >= 0.3 is 5.97 Å². The first-order valence-corrected chi connectivity index (χ1v) is 8.85. The summed E-state index contributed by atoms with van der Waals surface area (Å²) in [4.78, 5) is 24.8. The summed E-state index contributed by atoms with van der Waals surface area (Å²) in [5.74, 6) is -1.68. The lowest BCUT2D eigenvalue weighted by molar-refractivity contribution is -0.192. The van der Waals surface area contributed by atoms with E-state index >= 15 is 0 Å². The summed E-state index contributed by atoms with van der Waals surface area (Å²) in [6, 6.07) is 6.36. The van der Waals surface area contributed by atoms with Crippen LogP contribution in [0.4, 0.5) is 0 Å². The van der Waals surface area contributed by atoms with E-state index in [4.69, 9.17) is 20.3 Å². The Bertz CT molecular complexity index is 656. The Morgan fingerprint density at radius 2 is 1.89 bits per heavy atom. The summed E-state index contributed by atoms with van der Waals surface area (Å²) >= 11 is 0. The van der Waals surface area contributed by atoms with Crippen molar-refractivity contribution in [2.24, 2.45) is 5.73 Å². The number of amides is 1. The maximum absolute atomic E-state index is 12.6. The molecule has 1 heterocycles. The molecule has 1 amide bonds. The number of nitrogens with two attached hydrogens (primary N) is 1. The van der Waals surface area contributed by atoms with Gasteiger partial charge in [0.2, 0.25) is 12.2 Å². The van der Waals surface area contributed by atoms with Crippen LogP contribution in [0.5, 0.6) is 0 Å². The fourth-order valence-corrected chi connectivity index (χ4v) is 2.69. The number of carbonyl (C=O) groups excluding carboxylic acids is 2. The molecule has 10 nitrogen and oxygen atoms in total. The Labute approximate surface area is 161 Å². The standard InChI is InChI=1S/C18H26N2O8/c1-9(22)13(19)16(25)20-11(7-10-5-3-2-4-6-10)17(26)28-18-15(24)14(23)12(8-21)27-18/h2-6,9,11-15,18,21-24H,7-8,19H2,1H3,(H,20,25)/t9-,11+,12-,13+,14-,15-,18?/m1/s1. The number of esters is 1. The van der Waals surface area contributed by atoms with E-state index in [1.165, 1.54) is 6.92 Å². The molecule has 0 saturated carbocycles. The van der Waals surface area contributed by atoms with E-state index in [1.54, 1.807) is 30.3 Å². The summed E-state index contributed by atoms with van der Waals surface area (Å²) in [5, 5.41) is 40.7. The molecule has 7 atom stereocenters. The maximum atomic E-state index is 12.6. The molecule has 1 aliphatic rings. The number of rotatable bonds is 8. The smallest absolute Gasteiger partial charge is 0.331 e. The predicted octanol–water partition coefficient (Wildman–Crippen LogP) is -2.60. The fourth-order valence-electron chi connectivity index (χ4n) is 2.69. The highest BCUT2D eigenvalue weighted by molar-refractivity contribution is 5.88. The van der Waals surface area contributed by atoms with Gasteiger partial charge in [-0.05, 0) is 12.5 Å². The molecule has 2 rings (SSSR count). The molecule has 1 fully saturated rings. The highest BCUT2D eigenvalue weighted by Gasteiger charge is 2.45. The van der Waals surface area contributed by atoms with Crippen LogP contribution in [0.2, 0.25) is 0 Å². The number of aliphatic hydroxyl groups is 4. The second-order valence-corrected chi connectivity index (χ2v) is 6.66. The number of aliphatic hydroxyl groups excluding tert-OH is 4. The van der Waals surface area contributed by atoms with Crippen molar-refractivity contribution in [1.82, 2.24) is 5.32 Å². The molecule has 0 aliphatic carbocycles. The molecule has 0 spiro atoms. The Hall–Kier alpha value is -2.08. The van der Waals surface area contributed by atoms with Crippen molar-refractivity contribution in [2.75, 3.05) is 6.61 Å². The molecule has 1 saturated heterocycles. The van der Waals surface area contributed by atoms with Crippen molar-refractivity contribution >= 4 is 11.9 Å². The lowest BCUT2D eigenvalue weighted by Crippen LogP contribution is -2.53. The molecule has 0 radical (unpaired) electrons. The van der Waals surface area contributed by atoms with Crippen molar-refractivity contribution in [3.05, 3.63) is 35.9 Å². The van der Waals surface area contributed by atoms with Gasteiger partial charge in [0.05, 0.1) is 12.7 Å². The van der Waals surface area contributed by atoms with Crippen LogP contribution in [0, 0.1) is 0 Å². The predicted molar refractivity (Wildman–Crippen MR) is 95.6 cm³/mol. The molecule has 28 heavy (non-hydrogen) atoms. The van der Waals surface area contributed by atoms with Crippen LogP contribution in [0.25, 0.3) is 0 Å². The lowest BCUT2D eigenvalue weighted by atomic mass is 10.0. The Morgan fingerprint density at radius 1 is 1.25 bits per heavy atom. The van der Waals surface area contributed by atoms with Crippen molar-refractivity contribution in [3.63, 3.8) is 0 Å². The number of carbonyl (C=O) groups is 2. The molecule has 0 aromatic heterocycles. The summed E-state index contributed by atoms with van der Waals surface area (Å²) in [5.41, 5.74) is 6.32. The van der Waals surface area contributed by atoms with Gasteiger partial charge < -0.3 is 41.0 Å². The zero-order valence-electron chi connectivity index (χ0n) is 15.3. The Kier molecular flexibility index (Phi) is 7.87. The second-order valence-electron chi connectivity index (χ2n) is 6.66. The fraction of sp³-hybridized carbons (Fsp3) is 0.556. The summed E-state index contributed by atoms with van der Waals surface area (Å²) in [6.45, 7) is 0.771. The molecule has 7 N–H and O–H groups in total. The first-order valence-electron chi connectivity index (χ1n) is 8.85. The quantitative estimate of drug-likeness (QED) is 0.257. The van der Waals surface area contributed by atoms with Crippen LogP contribution in [0.1, 0.15) is 12.5 Å². The van der Waals surface area contributed by atoms with Crippen molar-refractivity contribution < 1.29 is 39.5 Å². The zero-order valence-corrected chi connectivity index (χ0v) is 15.3. The third-order valence-electron chi connectivity index (χ3n) is 4.44. The largest absolute Gasteiger partial charge is 0.431 e. The topological polar surface area (TPSA) is 172 Å². The minimum Gasteiger partial charge on any atom is -0.431 e. The van der Waals surface area contributed by atoms with Crippen LogP contribution in [-0.4, -0.2) is 81.7 Å². The molecule has 1 aliphatic heterocycles. The van der Waals surface area contributed by atoms with Crippen LogP contribution < -0.4 is 11.1 Å². The van der Waals surface area contributed by atoms with Crippen molar-refractivity contribution in [3.8, 4) is 0 Å². The van der Waals surface area contributed by atoms with E-state index in [9.17, 15) is 24.9 Å². The van der Waals surface area contributed by atoms with Gasteiger partial charge in [-0.25, -0.2) is 4.79 Å². The first-order chi connectivity index (χ1) is 13.2. The van der Waals surface area contributed by atoms with Gasteiger partial charge in [-0.15, -0.1) is 0 Å². The summed E-state index contributed by atoms with van der Waals surface area (Å²) < 4.78 is 10.2. The van der Waals surface area contributed by atoms with Crippen LogP contribution in [-0.2, 0) is 25.5 Å². The minimum absolute atomic E-state index is 0.0622. The van der Waals surface area contributed by atoms with Crippen molar-refractivity contribution in [2.45, 2.75) is 56.1 Å². The average Bonchev–Trinajstić information content (AvgIpc) is 2.95. The van der Waals surface area contributed by atoms with Gasteiger partial charge in [0.25, 0.3) is 0 Å². The van der Waals surface area contributed by atoms with E-state index in [1.807, 2.05) is 0 Å². The van der Waals surface area contributed by atoms with Crippen LogP contribution in [0.15, 0.2) is 30.3 Å². The Balaban J connectivity index is 2.11. The van der Waals surface area contributed by atoms with Gasteiger partial charge in [0, 0.05) is 6.42 Å². The molecular formula is C18H26N2O8. The van der Waals surface area contributed by atoms with Gasteiger partial charge in [-0.3, -0.25) is 4.79 Å². The van der Waals surface area contributed by atoms with E-state index in [-0.39, 0.29) is 6.42 Å². The van der Waals surface area contributed by atoms with Gasteiger partial charge in [-0.2, -0.15) is 0 Å². The molecule has 156 valence electrons. The molecule has 1 aromatic rings. The van der Waals surface area contributed by atoms with E-state index in [2.05, 4.69) is 5.32 Å². The molecule has 1 aromatic carbocycles. The highest BCUT2D eigenvalue weighted by atomic mass is 16.7. The first kappa shape index (κ1) is 22.2. The number of benzene rings is 1. The SMILES string of the molecule is C[C@@H](O)[C@H](N)C(=O)N[C@@H](Cc1ccccc1)C(=O)OC1O[C@H](CO)[C@@H](O)[C@H]1O. The highest BCUT2D eigenvalue weighted by Crippen LogP contribution is 2.22.